The highest BCUT2D eigenvalue weighted by Gasteiger charge is 2.25. The molecule has 2 atom stereocenters. The first-order chi connectivity index (χ1) is 6.97. The number of hydrogen-bond donors (Lipinski definition) is 1. The molecule has 0 amide bonds. The van der Waals surface area contributed by atoms with Crippen molar-refractivity contribution in [1.29, 1.82) is 0 Å². The third kappa shape index (κ3) is 2.23. The van der Waals surface area contributed by atoms with Gasteiger partial charge in [0.2, 0.25) is 0 Å². The van der Waals surface area contributed by atoms with Gasteiger partial charge in [-0.1, -0.05) is 20.8 Å². The minimum absolute atomic E-state index is 0.128. The molecule has 1 fully saturated rings. The quantitative estimate of drug-likeness (QED) is 0.768. The summed E-state index contributed by atoms with van der Waals surface area (Å²) in [4.78, 5) is 0. The lowest BCUT2D eigenvalue weighted by Crippen LogP contribution is -2.11. The van der Waals surface area contributed by atoms with Crippen molar-refractivity contribution in [3.63, 3.8) is 0 Å². The Morgan fingerprint density at radius 3 is 2.60 bits per heavy atom. The van der Waals surface area contributed by atoms with Gasteiger partial charge in [-0.2, -0.15) is 5.10 Å². The molecule has 1 heterocycles. The summed E-state index contributed by atoms with van der Waals surface area (Å²) >= 11 is 0. The monoisotopic (exact) mass is 208 g/mol. The molecule has 1 aromatic rings. The predicted molar refractivity (Wildman–Crippen MR) is 59.8 cm³/mol. The van der Waals surface area contributed by atoms with E-state index in [1.54, 1.807) is 0 Å². The SMILES string of the molecule is CC(C)(C)c1cnn(C2CCC(O)C2)c1. The second-order valence-electron chi connectivity index (χ2n) is 5.58. The normalized spacial score (nSPS) is 27.2. The number of aliphatic hydroxyl groups excluding tert-OH is 1. The van der Waals surface area contributed by atoms with Gasteiger partial charge < -0.3 is 5.11 Å². The van der Waals surface area contributed by atoms with Gasteiger partial charge in [-0.25, -0.2) is 0 Å². The van der Waals surface area contributed by atoms with E-state index in [0.717, 1.165) is 19.3 Å². The van der Waals surface area contributed by atoms with Crippen LogP contribution in [0.25, 0.3) is 0 Å². The zero-order valence-corrected chi connectivity index (χ0v) is 9.77. The maximum Gasteiger partial charge on any atom is 0.0561 e. The Kier molecular flexibility index (Phi) is 2.59. The summed E-state index contributed by atoms with van der Waals surface area (Å²) in [6.07, 6.45) is 6.76. The van der Waals surface area contributed by atoms with Crippen molar-refractivity contribution in [2.24, 2.45) is 0 Å². The van der Waals surface area contributed by atoms with Crippen LogP contribution < -0.4 is 0 Å². The fourth-order valence-electron chi connectivity index (χ4n) is 2.10. The molecule has 0 aromatic carbocycles. The van der Waals surface area contributed by atoms with Crippen LogP contribution in [0.4, 0.5) is 0 Å². The Morgan fingerprint density at radius 2 is 2.13 bits per heavy atom. The van der Waals surface area contributed by atoms with Gasteiger partial charge in [0.25, 0.3) is 0 Å². The van der Waals surface area contributed by atoms with Crippen molar-refractivity contribution in [2.45, 2.75) is 57.6 Å². The van der Waals surface area contributed by atoms with Crippen LogP contribution in [0.5, 0.6) is 0 Å². The van der Waals surface area contributed by atoms with Crippen LogP contribution in [0.2, 0.25) is 0 Å². The highest BCUT2D eigenvalue weighted by molar-refractivity contribution is 5.15. The van der Waals surface area contributed by atoms with Crippen molar-refractivity contribution in [3.8, 4) is 0 Å². The molecule has 1 saturated carbocycles. The molecule has 3 nitrogen and oxygen atoms in total. The van der Waals surface area contributed by atoms with Crippen LogP contribution >= 0.6 is 0 Å². The van der Waals surface area contributed by atoms with Crippen LogP contribution in [-0.4, -0.2) is 21.0 Å². The number of aliphatic hydroxyl groups is 1. The van der Waals surface area contributed by atoms with Crippen LogP contribution in [0.15, 0.2) is 12.4 Å². The molecule has 15 heavy (non-hydrogen) atoms. The van der Waals surface area contributed by atoms with E-state index in [4.69, 9.17) is 0 Å². The molecular weight excluding hydrogens is 188 g/mol. The Morgan fingerprint density at radius 1 is 1.40 bits per heavy atom. The van der Waals surface area contributed by atoms with Gasteiger partial charge in [0, 0.05) is 6.20 Å². The molecule has 0 spiro atoms. The Hall–Kier alpha value is -0.830. The second-order valence-corrected chi connectivity index (χ2v) is 5.58. The molecule has 3 heteroatoms. The average molecular weight is 208 g/mol. The molecule has 1 aliphatic carbocycles. The molecule has 0 saturated heterocycles. The summed E-state index contributed by atoms with van der Waals surface area (Å²) in [7, 11) is 0. The Bertz CT molecular complexity index is 338. The van der Waals surface area contributed by atoms with Crippen LogP contribution in [0, 0.1) is 0 Å². The van der Waals surface area contributed by atoms with E-state index in [1.807, 2.05) is 10.9 Å². The van der Waals surface area contributed by atoms with Crippen molar-refractivity contribution in [2.75, 3.05) is 0 Å². The highest BCUT2D eigenvalue weighted by Crippen LogP contribution is 2.31. The summed E-state index contributed by atoms with van der Waals surface area (Å²) in [6, 6.07) is 0.399. The molecule has 84 valence electrons. The van der Waals surface area contributed by atoms with Gasteiger partial charge >= 0.3 is 0 Å². The fourth-order valence-corrected chi connectivity index (χ4v) is 2.10. The van der Waals surface area contributed by atoms with E-state index in [2.05, 4.69) is 32.1 Å². The first kappa shape index (κ1) is 10.7. The first-order valence-corrected chi connectivity index (χ1v) is 5.69. The molecule has 0 bridgehead atoms. The van der Waals surface area contributed by atoms with Crippen molar-refractivity contribution in [1.82, 2.24) is 9.78 Å². The largest absolute Gasteiger partial charge is 0.393 e. The molecule has 2 unspecified atom stereocenters. The van der Waals surface area contributed by atoms with Crippen molar-refractivity contribution in [3.05, 3.63) is 18.0 Å². The number of nitrogens with zero attached hydrogens (tertiary/aromatic N) is 2. The minimum Gasteiger partial charge on any atom is -0.393 e. The maximum atomic E-state index is 9.49. The maximum absolute atomic E-state index is 9.49. The summed E-state index contributed by atoms with van der Waals surface area (Å²) in [6.45, 7) is 6.58. The van der Waals surface area contributed by atoms with Gasteiger partial charge in [0.15, 0.2) is 0 Å². The van der Waals surface area contributed by atoms with E-state index in [-0.39, 0.29) is 11.5 Å². The molecular formula is C12H20N2O. The first-order valence-electron chi connectivity index (χ1n) is 5.69. The Labute approximate surface area is 91.1 Å². The molecule has 0 radical (unpaired) electrons. The minimum atomic E-state index is -0.128. The summed E-state index contributed by atoms with van der Waals surface area (Å²) in [5.41, 5.74) is 1.43. The number of aromatic nitrogens is 2. The lowest BCUT2D eigenvalue weighted by molar-refractivity contribution is 0.177. The average Bonchev–Trinajstić information content (AvgIpc) is 2.69. The fraction of sp³-hybridized carbons (Fsp3) is 0.750. The van der Waals surface area contributed by atoms with Gasteiger partial charge in [0.1, 0.15) is 0 Å². The second kappa shape index (κ2) is 3.63. The van der Waals surface area contributed by atoms with Crippen molar-refractivity contribution < 1.29 is 5.11 Å². The highest BCUT2D eigenvalue weighted by atomic mass is 16.3. The standard InChI is InChI=1S/C12H20N2O/c1-12(2,3)9-7-13-14(8-9)10-4-5-11(15)6-10/h7-8,10-11,15H,4-6H2,1-3H3. The van der Waals surface area contributed by atoms with E-state index in [9.17, 15) is 5.11 Å². The zero-order valence-electron chi connectivity index (χ0n) is 9.77. The van der Waals surface area contributed by atoms with Crippen LogP contribution in [0.3, 0.4) is 0 Å². The lowest BCUT2D eigenvalue weighted by atomic mass is 9.90. The third-order valence-electron chi connectivity index (χ3n) is 3.22. The molecule has 1 aliphatic rings. The van der Waals surface area contributed by atoms with Gasteiger partial charge in [-0.3, -0.25) is 4.68 Å². The summed E-state index contributed by atoms with van der Waals surface area (Å²) < 4.78 is 2.02. The molecule has 1 N–H and O–H groups in total. The number of rotatable bonds is 1. The van der Waals surface area contributed by atoms with E-state index in [0.29, 0.717) is 6.04 Å². The van der Waals surface area contributed by atoms with E-state index < -0.39 is 0 Å². The lowest BCUT2D eigenvalue weighted by Gasteiger charge is -2.15. The van der Waals surface area contributed by atoms with Gasteiger partial charge in [-0.15, -0.1) is 0 Å². The molecule has 2 rings (SSSR count). The van der Waals surface area contributed by atoms with E-state index >= 15 is 0 Å². The summed E-state index contributed by atoms with van der Waals surface area (Å²) in [5, 5.41) is 13.9. The Balaban J connectivity index is 2.14. The third-order valence-corrected chi connectivity index (χ3v) is 3.22. The van der Waals surface area contributed by atoms with Crippen LogP contribution in [-0.2, 0) is 5.41 Å². The molecule has 0 aliphatic heterocycles. The van der Waals surface area contributed by atoms with Gasteiger partial charge in [-0.05, 0) is 30.2 Å². The molecule has 1 aromatic heterocycles. The van der Waals surface area contributed by atoms with Gasteiger partial charge in [0.05, 0.1) is 18.3 Å². The zero-order chi connectivity index (χ0) is 11.1. The topological polar surface area (TPSA) is 38.0 Å². The van der Waals surface area contributed by atoms with E-state index in [1.165, 1.54) is 5.56 Å². The smallest absolute Gasteiger partial charge is 0.0561 e. The summed E-state index contributed by atoms with van der Waals surface area (Å²) in [5.74, 6) is 0. The van der Waals surface area contributed by atoms with Crippen LogP contribution in [0.1, 0.15) is 51.6 Å². The number of hydrogen-bond acceptors (Lipinski definition) is 2. The predicted octanol–water partition coefficient (Wildman–Crippen LogP) is 2.27. The van der Waals surface area contributed by atoms with Crippen molar-refractivity contribution >= 4 is 0 Å².